The number of unbranched alkanes of at least 4 members (excludes halogenated alkanes) is 35. The van der Waals surface area contributed by atoms with Gasteiger partial charge in [-0.15, -0.1) is 0 Å². The molecule has 0 heterocycles. The summed E-state index contributed by atoms with van der Waals surface area (Å²) >= 11 is 0. The molecule has 0 spiro atoms. The number of esters is 3. The van der Waals surface area contributed by atoms with E-state index in [0.717, 1.165) is 77.0 Å². The monoisotopic (exact) mass is 925 g/mol. The van der Waals surface area contributed by atoms with Crippen LogP contribution in [0.3, 0.4) is 0 Å². The fourth-order valence-corrected chi connectivity index (χ4v) is 8.32. The van der Waals surface area contributed by atoms with Gasteiger partial charge in [-0.3, -0.25) is 14.4 Å². The van der Waals surface area contributed by atoms with Gasteiger partial charge in [-0.2, -0.15) is 0 Å². The van der Waals surface area contributed by atoms with Crippen LogP contribution in [-0.2, 0) is 28.6 Å². The van der Waals surface area contributed by atoms with E-state index in [-0.39, 0.29) is 31.1 Å². The first-order valence-electron chi connectivity index (χ1n) is 28.7. The van der Waals surface area contributed by atoms with E-state index in [1.54, 1.807) is 0 Å². The first-order valence-corrected chi connectivity index (χ1v) is 28.7. The molecule has 0 saturated carbocycles. The van der Waals surface area contributed by atoms with Gasteiger partial charge in [-0.1, -0.05) is 262 Å². The van der Waals surface area contributed by atoms with E-state index >= 15 is 0 Å². The van der Waals surface area contributed by atoms with E-state index in [4.69, 9.17) is 14.2 Å². The molecule has 0 aromatic rings. The number of rotatable bonds is 52. The highest BCUT2D eigenvalue weighted by molar-refractivity contribution is 5.71. The van der Waals surface area contributed by atoms with E-state index in [1.807, 2.05) is 0 Å². The number of hydrogen-bond acceptors (Lipinski definition) is 6. The Kier molecular flexibility index (Phi) is 52.8. The third kappa shape index (κ3) is 52.3. The largest absolute Gasteiger partial charge is 0.462 e. The van der Waals surface area contributed by atoms with Crippen molar-refractivity contribution in [3.8, 4) is 0 Å². The minimum Gasteiger partial charge on any atom is -0.462 e. The predicted octanol–water partition coefficient (Wildman–Crippen LogP) is 19.0. The van der Waals surface area contributed by atoms with Crippen LogP contribution in [-0.4, -0.2) is 37.2 Å². The third-order valence-electron chi connectivity index (χ3n) is 12.6. The van der Waals surface area contributed by atoms with E-state index < -0.39 is 6.10 Å². The Morgan fingerprint density at radius 2 is 0.606 bits per heavy atom. The minimum absolute atomic E-state index is 0.0778. The zero-order chi connectivity index (χ0) is 47.9. The smallest absolute Gasteiger partial charge is 0.306 e. The van der Waals surface area contributed by atoms with Crippen LogP contribution in [0, 0.1) is 0 Å². The Bertz CT molecular complexity index is 1150. The molecule has 0 radical (unpaired) electrons. The zero-order valence-electron chi connectivity index (χ0n) is 44.0. The normalized spacial score (nSPS) is 12.3. The molecule has 0 N–H and O–H groups in total. The van der Waals surface area contributed by atoms with Crippen LogP contribution in [0.2, 0.25) is 0 Å². The molecule has 6 heteroatoms. The third-order valence-corrected chi connectivity index (χ3v) is 12.6. The van der Waals surface area contributed by atoms with Gasteiger partial charge in [0.1, 0.15) is 13.2 Å². The molecule has 0 aromatic heterocycles. The lowest BCUT2D eigenvalue weighted by molar-refractivity contribution is -0.167. The molecule has 0 amide bonds. The average Bonchev–Trinajstić information content (AvgIpc) is 3.31. The molecule has 0 aliphatic heterocycles. The quantitative estimate of drug-likeness (QED) is 0.0199. The lowest BCUT2D eigenvalue weighted by Crippen LogP contribution is -2.30. The Morgan fingerprint density at radius 3 is 0.955 bits per heavy atom. The molecule has 0 fully saturated rings. The summed E-state index contributed by atoms with van der Waals surface area (Å²) in [6.45, 7) is 6.53. The summed E-state index contributed by atoms with van der Waals surface area (Å²) in [5, 5.41) is 0. The fraction of sp³-hybridized carbons (Fsp3) is 0.817. The van der Waals surface area contributed by atoms with Crippen molar-refractivity contribution >= 4 is 17.9 Å². The van der Waals surface area contributed by atoms with Gasteiger partial charge in [0.05, 0.1) is 0 Å². The Morgan fingerprint density at radius 1 is 0.318 bits per heavy atom. The molecule has 0 bridgehead atoms. The molecular formula is C60H108O6. The number of carbonyl (C=O) groups is 3. The first kappa shape index (κ1) is 63.4. The molecule has 0 rings (SSSR count). The van der Waals surface area contributed by atoms with Gasteiger partial charge in [-0.05, 0) is 64.2 Å². The van der Waals surface area contributed by atoms with Crippen LogP contribution in [0.4, 0.5) is 0 Å². The summed E-state index contributed by atoms with van der Waals surface area (Å²) in [6.07, 6.45) is 66.7. The first-order chi connectivity index (χ1) is 32.5. The van der Waals surface area contributed by atoms with Crippen molar-refractivity contribution in [1.82, 2.24) is 0 Å². The molecule has 1 unspecified atom stereocenters. The van der Waals surface area contributed by atoms with E-state index in [1.165, 1.54) is 180 Å². The van der Waals surface area contributed by atoms with Crippen molar-refractivity contribution in [2.75, 3.05) is 13.2 Å². The van der Waals surface area contributed by atoms with Gasteiger partial charge < -0.3 is 14.2 Å². The topological polar surface area (TPSA) is 78.9 Å². The van der Waals surface area contributed by atoms with Crippen LogP contribution >= 0.6 is 0 Å². The van der Waals surface area contributed by atoms with Gasteiger partial charge in [0.15, 0.2) is 6.10 Å². The summed E-state index contributed by atoms with van der Waals surface area (Å²) in [7, 11) is 0. The van der Waals surface area contributed by atoms with Crippen LogP contribution in [0.25, 0.3) is 0 Å². The van der Waals surface area contributed by atoms with Crippen molar-refractivity contribution in [1.29, 1.82) is 0 Å². The summed E-state index contributed by atoms with van der Waals surface area (Å²) in [5.41, 5.74) is 0. The fourth-order valence-electron chi connectivity index (χ4n) is 8.32. The zero-order valence-corrected chi connectivity index (χ0v) is 44.0. The van der Waals surface area contributed by atoms with E-state index in [9.17, 15) is 14.4 Å². The highest BCUT2D eigenvalue weighted by Gasteiger charge is 2.19. The number of carbonyl (C=O) groups excluding carboxylic acids is 3. The molecule has 0 aromatic carbocycles. The van der Waals surface area contributed by atoms with E-state index in [0.29, 0.717) is 19.3 Å². The number of hydrogen-bond donors (Lipinski definition) is 0. The van der Waals surface area contributed by atoms with Gasteiger partial charge in [0, 0.05) is 19.3 Å². The maximum atomic E-state index is 12.8. The second-order valence-electron chi connectivity index (χ2n) is 19.2. The summed E-state index contributed by atoms with van der Waals surface area (Å²) < 4.78 is 16.9. The van der Waals surface area contributed by atoms with E-state index in [2.05, 4.69) is 69.4 Å². The van der Waals surface area contributed by atoms with Crippen molar-refractivity contribution in [2.24, 2.45) is 0 Å². The maximum Gasteiger partial charge on any atom is 0.306 e. The maximum absolute atomic E-state index is 12.8. The summed E-state index contributed by atoms with van der Waals surface area (Å²) in [6, 6.07) is 0. The highest BCUT2D eigenvalue weighted by atomic mass is 16.6. The Labute approximate surface area is 409 Å². The summed E-state index contributed by atoms with van der Waals surface area (Å²) in [4.78, 5) is 38.1. The van der Waals surface area contributed by atoms with Crippen molar-refractivity contribution in [3.05, 3.63) is 48.6 Å². The van der Waals surface area contributed by atoms with Gasteiger partial charge in [0.25, 0.3) is 0 Å². The molecule has 0 aliphatic carbocycles. The van der Waals surface area contributed by atoms with Crippen molar-refractivity contribution in [3.63, 3.8) is 0 Å². The Hall–Kier alpha value is -2.63. The van der Waals surface area contributed by atoms with Crippen molar-refractivity contribution < 1.29 is 28.6 Å². The number of ether oxygens (including phenoxy) is 3. The average molecular weight is 926 g/mol. The van der Waals surface area contributed by atoms with Crippen LogP contribution < -0.4 is 0 Å². The summed E-state index contributed by atoms with van der Waals surface area (Å²) in [5.74, 6) is -0.884. The lowest BCUT2D eigenvalue weighted by atomic mass is 10.0. The SMILES string of the molecule is CC\C=C/C=C\C=C/CCCCCCCCCC(=O)OC(COC(=O)CCCCCCC/C=C\CCCCCCCCCCC)COC(=O)CCCCCCCCCCCCCCCCC. The van der Waals surface area contributed by atoms with Crippen molar-refractivity contribution in [2.45, 2.75) is 303 Å². The Balaban J connectivity index is 4.36. The van der Waals surface area contributed by atoms with Crippen LogP contribution in [0.1, 0.15) is 297 Å². The second-order valence-corrected chi connectivity index (χ2v) is 19.2. The standard InChI is InChI=1S/C60H108O6/c1-4-7-10-13-16-19-22-25-28-29-30-33-35-38-41-44-47-50-53-59(62)65-56-57(66-60(63)54-51-48-45-42-39-36-32-27-24-21-18-15-12-9-6-3)55-64-58(61)52-49-46-43-40-37-34-31-26-23-20-17-14-11-8-5-2/h9,12,15,18,21,24,30,33,57H,4-8,10-11,13-14,16-17,19-20,22-23,25-29,31-32,34-56H2,1-3H3/b12-9-,18-15-,24-21-,33-30-. The molecule has 6 nitrogen and oxygen atoms in total. The molecule has 66 heavy (non-hydrogen) atoms. The molecule has 384 valence electrons. The minimum atomic E-state index is -0.780. The van der Waals surface area contributed by atoms with Crippen LogP contribution in [0.5, 0.6) is 0 Å². The van der Waals surface area contributed by atoms with Crippen LogP contribution in [0.15, 0.2) is 48.6 Å². The highest BCUT2D eigenvalue weighted by Crippen LogP contribution is 2.16. The molecular weight excluding hydrogens is 817 g/mol. The van der Waals surface area contributed by atoms with Gasteiger partial charge in [0.2, 0.25) is 0 Å². The second kappa shape index (κ2) is 55.0. The molecule has 0 saturated heterocycles. The van der Waals surface area contributed by atoms with Gasteiger partial charge in [-0.25, -0.2) is 0 Å². The number of allylic oxidation sites excluding steroid dienone is 8. The molecule has 1 atom stereocenters. The lowest BCUT2D eigenvalue weighted by Gasteiger charge is -2.18. The molecule has 0 aliphatic rings. The predicted molar refractivity (Wildman–Crippen MR) is 284 cm³/mol. The van der Waals surface area contributed by atoms with Gasteiger partial charge >= 0.3 is 17.9 Å².